The standard InChI is InChI=1S/C22H26FN3O/c1-26-6-5-24-20(26)19(17-3-2-4-18(23)10-17)25-21(27)22-11-14-7-15(12-22)9-16(8-14)13-22/h2-6,10,14-16,19H,7-9,11-13H2,1H3,(H,25,27). The summed E-state index contributed by atoms with van der Waals surface area (Å²) in [5.74, 6) is 2.71. The van der Waals surface area contributed by atoms with Gasteiger partial charge in [0, 0.05) is 24.9 Å². The first kappa shape index (κ1) is 17.0. The van der Waals surface area contributed by atoms with Crippen molar-refractivity contribution in [3.05, 3.63) is 53.9 Å². The van der Waals surface area contributed by atoms with Crippen molar-refractivity contribution in [3.63, 3.8) is 0 Å². The normalized spacial score (nSPS) is 32.4. The van der Waals surface area contributed by atoms with Gasteiger partial charge in [-0.3, -0.25) is 4.79 Å². The monoisotopic (exact) mass is 367 g/mol. The van der Waals surface area contributed by atoms with E-state index in [0.717, 1.165) is 30.7 Å². The molecule has 1 aromatic heterocycles. The Bertz CT molecular complexity index is 839. The Balaban J connectivity index is 1.47. The van der Waals surface area contributed by atoms with E-state index in [1.807, 2.05) is 23.9 Å². The van der Waals surface area contributed by atoms with Crippen LogP contribution in [0.3, 0.4) is 0 Å². The van der Waals surface area contributed by atoms with Gasteiger partial charge in [-0.25, -0.2) is 9.37 Å². The Morgan fingerprint density at radius 1 is 1.22 bits per heavy atom. The van der Waals surface area contributed by atoms with Crippen molar-refractivity contribution < 1.29 is 9.18 Å². The van der Waals surface area contributed by atoms with E-state index in [0.29, 0.717) is 17.8 Å². The minimum atomic E-state index is -0.429. The van der Waals surface area contributed by atoms with Crippen LogP contribution >= 0.6 is 0 Å². The fraction of sp³-hybridized carbons (Fsp3) is 0.545. The molecule has 0 aliphatic heterocycles. The van der Waals surface area contributed by atoms with E-state index in [2.05, 4.69) is 10.3 Å². The zero-order chi connectivity index (χ0) is 18.6. The minimum Gasteiger partial charge on any atom is -0.342 e. The molecule has 1 amide bonds. The molecule has 1 N–H and O–H groups in total. The maximum absolute atomic E-state index is 13.9. The van der Waals surface area contributed by atoms with Crippen LogP contribution in [0.4, 0.5) is 4.39 Å². The molecule has 6 rings (SSSR count). The number of benzene rings is 1. The number of hydrogen-bond donors (Lipinski definition) is 1. The zero-order valence-electron chi connectivity index (χ0n) is 15.7. The zero-order valence-corrected chi connectivity index (χ0v) is 15.7. The van der Waals surface area contributed by atoms with Crippen LogP contribution in [0.15, 0.2) is 36.7 Å². The van der Waals surface area contributed by atoms with Gasteiger partial charge in [-0.2, -0.15) is 0 Å². The summed E-state index contributed by atoms with van der Waals surface area (Å²) in [4.78, 5) is 18.0. The molecule has 2 aromatic rings. The van der Waals surface area contributed by atoms with E-state index in [4.69, 9.17) is 0 Å². The molecule has 4 saturated carbocycles. The number of hydrogen-bond acceptors (Lipinski definition) is 2. The van der Waals surface area contributed by atoms with Gasteiger partial charge in [-0.15, -0.1) is 0 Å². The number of nitrogens with one attached hydrogen (secondary N) is 1. The molecule has 1 aromatic carbocycles. The molecular weight excluding hydrogens is 341 g/mol. The summed E-state index contributed by atoms with van der Waals surface area (Å²) >= 11 is 0. The van der Waals surface area contributed by atoms with Gasteiger partial charge in [0.15, 0.2) is 0 Å². The number of carbonyl (C=O) groups is 1. The second-order valence-electron chi connectivity index (χ2n) is 9.06. The maximum atomic E-state index is 13.9. The lowest BCUT2D eigenvalue weighted by Gasteiger charge is -2.55. The summed E-state index contributed by atoms with van der Waals surface area (Å²) < 4.78 is 15.8. The third-order valence-corrected chi connectivity index (χ3v) is 7.09. The van der Waals surface area contributed by atoms with Gasteiger partial charge in [0.2, 0.25) is 5.91 Å². The summed E-state index contributed by atoms with van der Waals surface area (Å²) in [6.07, 6.45) is 10.5. The minimum absolute atomic E-state index is 0.138. The van der Waals surface area contributed by atoms with Gasteiger partial charge in [-0.1, -0.05) is 12.1 Å². The lowest BCUT2D eigenvalue weighted by atomic mass is 9.49. The molecule has 0 spiro atoms. The second-order valence-corrected chi connectivity index (χ2v) is 9.06. The molecule has 4 bridgehead atoms. The molecule has 1 heterocycles. The van der Waals surface area contributed by atoms with Crippen LogP contribution in [0.1, 0.15) is 56.0 Å². The van der Waals surface area contributed by atoms with E-state index in [-0.39, 0.29) is 17.1 Å². The third kappa shape index (κ3) is 2.88. The molecule has 142 valence electrons. The molecule has 1 unspecified atom stereocenters. The second kappa shape index (κ2) is 6.18. The highest BCUT2D eigenvalue weighted by Gasteiger charge is 2.54. The van der Waals surface area contributed by atoms with Gasteiger partial charge in [0.05, 0.1) is 0 Å². The van der Waals surface area contributed by atoms with Crippen LogP contribution in [0.2, 0.25) is 0 Å². The number of imidazole rings is 1. The van der Waals surface area contributed by atoms with Crippen LogP contribution in [-0.4, -0.2) is 15.5 Å². The number of amides is 1. The Morgan fingerprint density at radius 3 is 2.44 bits per heavy atom. The molecule has 27 heavy (non-hydrogen) atoms. The number of nitrogens with zero attached hydrogens (tertiary/aromatic N) is 2. The number of aromatic nitrogens is 2. The van der Waals surface area contributed by atoms with Crippen molar-refractivity contribution in [3.8, 4) is 0 Å². The van der Waals surface area contributed by atoms with Crippen LogP contribution in [0.25, 0.3) is 0 Å². The summed E-state index contributed by atoms with van der Waals surface area (Å²) in [7, 11) is 1.91. The Hall–Kier alpha value is -2.17. The van der Waals surface area contributed by atoms with Gasteiger partial charge in [0.1, 0.15) is 17.7 Å². The summed E-state index contributed by atoms with van der Waals surface area (Å²) in [5.41, 5.74) is 0.508. The molecule has 1 atom stereocenters. The van der Waals surface area contributed by atoms with E-state index in [9.17, 15) is 9.18 Å². The van der Waals surface area contributed by atoms with Crippen LogP contribution in [0.5, 0.6) is 0 Å². The first-order valence-electron chi connectivity index (χ1n) is 10.1. The van der Waals surface area contributed by atoms with E-state index < -0.39 is 6.04 Å². The molecule has 0 saturated heterocycles. The lowest BCUT2D eigenvalue weighted by Crippen LogP contribution is -2.54. The molecular formula is C22H26FN3O. The number of carbonyl (C=O) groups excluding carboxylic acids is 1. The third-order valence-electron chi connectivity index (χ3n) is 7.09. The molecule has 4 aliphatic rings. The van der Waals surface area contributed by atoms with Crippen molar-refractivity contribution in [2.45, 2.75) is 44.6 Å². The fourth-order valence-electron chi connectivity index (χ4n) is 6.31. The van der Waals surface area contributed by atoms with Crippen molar-refractivity contribution in [1.82, 2.24) is 14.9 Å². The highest BCUT2D eigenvalue weighted by atomic mass is 19.1. The number of rotatable bonds is 4. The quantitative estimate of drug-likeness (QED) is 0.888. The van der Waals surface area contributed by atoms with Gasteiger partial charge >= 0.3 is 0 Å². The van der Waals surface area contributed by atoms with Gasteiger partial charge in [0.25, 0.3) is 0 Å². The van der Waals surface area contributed by atoms with Crippen LogP contribution < -0.4 is 5.32 Å². The molecule has 4 fully saturated rings. The average Bonchev–Trinajstić information content (AvgIpc) is 3.04. The van der Waals surface area contributed by atoms with Crippen molar-refractivity contribution in [2.24, 2.45) is 30.2 Å². The predicted molar refractivity (Wildman–Crippen MR) is 100 cm³/mol. The SMILES string of the molecule is Cn1ccnc1C(NC(=O)C12CC3CC(CC(C3)C1)C2)c1cccc(F)c1. The average molecular weight is 367 g/mol. The summed E-state index contributed by atoms with van der Waals surface area (Å²) in [5, 5.41) is 3.27. The topological polar surface area (TPSA) is 46.9 Å². The highest BCUT2D eigenvalue weighted by Crippen LogP contribution is 2.60. The van der Waals surface area contributed by atoms with E-state index in [1.165, 1.54) is 31.4 Å². The Labute approximate surface area is 159 Å². The van der Waals surface area contributed by atoms with E-state index >= 15 is 0 Å². The molecule has 0 radical (unpaired) electrons. The first-order chi connectivity index (χ1) is 13.0. The smallest absolute Gasteiger partial charge is 0.227 e. The summed E-state index contributed by atoms with van der Waals surface area (Å²) in [6.45, 7) is 0. The molecule has 5 heteroatoms. The van der Waals surface area contributed by atoms with E-state index in [1.54, 1.807) is 12.3 Å². The van der Waals surface area contributed by atoms with Crippen molar-refractivity contribution in [2.75, 3.05) is 0 Å². The first-order valence-corrected chi connectivity index (χ1v) is 10.1. The predicted octanol–water partition coefficient (Wildman–Crippen LogP) is 3.98. The number of aryl methyl sites for hydroxylation is 1. The molecule has 4 aliphatic carbocycles. The van der Waals surface area contributed by atoms with Crippen molar-refractivity contribution >= 4 is 5.91 Å². The molecule has 4 nitrogen and oxygen atoms in total. The number of halogens is 1. The van der Waals surface area contributed by atoms with Gasteiger partial charge in [-0.05, 0) is 74.0 Å². The summed E-state index contributed by atoms with van der Waals surface area (Å²) in [6, 6.07) is 6.06. The largest absolute Gasteiger partial charge is 0.342 e. The maximum Gasteiger partial charge on any atom is 0.227 e. The fourth-order valence-corrected chi connectivity index (χ4v) is 6.31. The Morgan fingerprint density at radius 2 is 1.89 bits per heavy atom. The lowest BCUT2D eigenvalue weighted by molar-refractivity contribution is -0.146. The van der Waals surface area contributed by atoms with Crippen LogP contribution in [-0.2, 0) is 11.8 Å². The van der Waals surface area contributed by atoms with Crippen molar-refractivity contribution in [1.29, 1.82) is 0 Å². The highest BCUT2D eigenvalue weighted by molar-refractivity contribution is 5.84. The Kier molecular flexibility index (Phi) is 3.88. The van der Waals surface area contributed by atoms with Gasteiger partial charge < -0.3 is 9.88 Å². The van der Waals surface area contributed by atoms with Crippen LogP contribution in [0, 0.1) is 29.0 Å².